The van der Waals surface area contributed by atoms with E-state index < -0.39 is 12.0 Å². The van der Waals surface area contributed by atoms with E-state index in [9.17, 15) is 9.59 Å². The molecule has 0 radical (unpaired) electrons. The van der Waals surface area contributed by atoms with Crippen molar-refractivity contribution in [1.82, 2.24) is 10.2 Å². The lowest BCUT2D eigenvalue weighted by Crippen LogP contribution is -2.53. The fourth-order valence-corrected chi connectivity index (χ4v) is 6.29. The van der Waals surface area contributed by atoms with Gasteiger partial charge in [-0.05, 0) is 67.0 Å². The molecule has 0 spiro atoms. The van der Waals surface area contributed by atoms with Crippen LogP contribution in [-0.4, -0.2) is 35.3 Å². The average molecular weight is 537 g/mol. The van der Waals surface area contributed by atoms with Crippen LogP contribution in [0.4, 0.5) is 0 Å². The van der Waals surface area contributed by atoms with E-state index in [1.54, 1.807) is 12.1 Å². The Balaban J connectivity index is 1.55. The fraction of sp³-hybridized carbons (Fsp3) is 0.333. The van der Waals surface area contributed by atoms with Gasteiger partial charge in [-0.3, -0.25) is 9.59 Å². The van der Waals surface area contributed by atoms with Gasteiger partial charge in [-0.1, -0.05) is 77.8 Å². The molecule has 7 heteroatoms. The molecule has 1 heterocycles. The molecule has 0 bridgehead atoms. The van der Waals surface area contributed by atoms with E-state index in [-0.39, 0.29) is 23.9 Å². The predicted molar refractivity (Wildman–Crippen MR) is 148 cm³/mol. The SMILES string of the molecule is N[C@H]1CC[C@H](N2C(=O)c3ccccc3[C@@H](C(=O)NCCc3ccccc3)[C@@H]2c2ccc(Cl)cc2Cl)CC1. The minimum atomic E-state index is -0.612. The molecule has 0 saturated heterocycles. The van der Waals surface area contributed by atoms with Crippen LogP contribution < -0.4 is 11.1 Å². The van der Waals surface area contributed by atoms with Crippen molar-refractivity contribution < 1.29 is 9.59 Å². The molecule has 2 amide bonds. The number of amides is 2. The third-order valence-electron chi connectivity index (χ3n) is 7.63. The summed E-state index contributed by atoms with van der Waals surface area (Å²) in [5.41, 5.74) is 9.38. The monoisotopic (exact) mass is 535 g/mol. The first kappa shape index (κ1) is 25.8. The summed E-state index contributed by atoms with van der Waals surface area (Å²) < 4.78 is 0. The Kier molecular flexibility index (Phi) is 7.84. The van der Waals surface area contributed by atoms with Crippen LogP contribution in [0.25, 0.3) is 0 Å². The van der Waals surface area contributed by atoms with Gasteiger partial charge in [0, 0.05) is 34.2 Å². The maximum atomic E-state index is 14.0. The van der Waals surface area contributed by atoms with Crippen molar-refractivity contribution in [1.29, 1.82) is 0 Å². The van der Waals surface area contributed by atoms with Crippen LogP contribution in [0.2, 0.25) is 10.0 Å². The molecule has 1 aliphatic carbocycles. The zero-order chi connectivity index (χ0) is 25.9. The van der Waals surface area contributed by atoms with Gasteiger partial charge in [0.15, 0.2) is 0 Å². The molecule has 1 saturated carbocycles. The van der Waals surface area contributed by atoms with E-state index in [1.165, 1.54) is 0 Å². The van der Waals surface area contributed by atoms with Gasteiger partial charge >= 0.3 is 0 Å². The molecular weight excluding hydrogens is 505 g/mol. The highest BCUT2D eigenvalue weighted by atomic mass is 35.5. The molecule has 0 aromatic heterocycles. The molecule has 0 unspecified atom stereocenters. The van der Waals surface area contributed by atoms with Gasteiger partial charge in [0.25, 0.3) is 5.91 Å². The summed E-state index contributed by atoms with van der Waals surface area (Å²) >= 11 is 13.0. The molecule has 2 aliphatic rings. The van der Waals surface area contributed by atoms with Crippen molar-refractivity contribution in [2.45, 2.75) is 56.1 Å². The minimum absolute atomic E-state index is 0.0305. The summed E-state index contributed by atoms with van der Waals surface area (Å²) in [4.78, 5) is 29.9. The Morgan fingerprint density at radius 3 is 2.35 bits per heavy atom. The number of benzene rings is 3. The van der Waals surface area contributed by atoms with Crippen LogP contribution in [0, 0.1) is 0 Å². The highest BCUT2D eigenvalue weighted by Crippen LogP contribution is 2.47. The third kappa shape index (κ3) is 5.40. The fourth-order valence-electron chi connectivity index (χ4n) is 5.77. The molecule has 3 aromatic carbocycles. The lowest BCUT2D eigenvalue weighted by atomic mass is 9.77. The summed E-state index contributed by atoms with van der Waals surface area (Å²) in [6.45, 7) is 0.495. The first-order valence-corrected chi connectivity index (χ1v) is 13.6. The van der Waals surface area contributed by atoms with Gasteiger partial charge in [0.05, 0.1) is 12.0 Å². The second-order valence-electron chi connectivity index (χ2n) is 9.98. The standard InChI is InChI=1S/C30H31Cl2N3O2/c31-20-10-15-25(26(32)18-20)28-27(29(36)34-17-16-19-6-2-1-3-7-19)23-8-4-5-9-24(23)30(37)35(28)22-13-11-21(33)12-14-22/h1-10,15,18,21-22,27-28H,11-14,16-17,33H2,(H,34,36)/t21-,22-,27-,28+/m1/s1. The Bertz CT molecular complexity index is 1270. The molecule has 3 aromatic rings. The number of hydrogen-bond donors (Lipinski definition) is 2. The lowest BCUT2D eigenvalue weighted by Gasteiger charge is -2.47. The molecule has 192 valence electrons. The quantitative estimate of drug-likeness (QED) is 0.412. The van der Waals surface area contributed by atoms with Crippen molar-refractivity contribution in [3.8, 4) is 0 Å². The number of nitrogens with two attached hydrogens (primary N) is 1. The van der Waals surface area contributed by atoms with E-state index in [2.05, 4.69) is 5.32 Å². The number of fused-ring (bicyclic) bond motifs is 1. The summed E-state index contributed by atoms with van der Waals surface area (Å²) in [5.74, 6) is -0.802. The zero-order valence-electron chi connectivity index (χ0n) is 20.6. The number of carbonyl (C=O) groups excluding carboxylic acids is 2. The Hall–Kier alpha value is -2.86. The Morgan fingerprint density at radius 2 is 1.62 bits per heavy atom. The van der Waals surface area contributed by atoms with Crippen LogP contribution in [-0.2, 0) is 11.2 Å². The normalized spacial score (nSPS) is 23.4. The maximum absolute atomic E-state index is 14.0. The van der Waals surface area contributed by atoms with Gasteiger partial charge in [-0.25, -0.2) is 0 Å². The van der Waals surface area contributed by atoms with E-state index in [4.69, 9.17) is 28.9 Å². The largest absolute Gasteiger partial charge is 0.355 e. The first-order valence-electron chi connectivity index (χ1n) is 12.9. The number of hydrogen-bond acceptors (Lipinski definition) is 3. The molecular formula is C30H31Cl2N3O2. The van der Waals surface area contributed by atoms with Crippen LogP contribution in [0.3, 0.4) is 0 Å². The van der Waals surface area contributed by atoms with Crippen LogP contribution >= 0.6 is 23.2 Å². The van der Waals surface area contributed by atoms with E-state index in [0.717, 1.165) is 48.8 Å². The second kappa shape index (κ2) is 11.3. The third-order valence-corrected chi connectivity index (χ3v) is 8.19. The van der Waals surface area contributed by atoms with E-state index in [1.807, 2.05) is 65.6 Å². The van der Waals surface area contributed by atoms with E-state index >= 15 is 0 Å². The van der Waals surface area contributed by atoms with Gasteiger partial charge in [-0.15, -0.1) is 0 Å². The predicted octanol–water partition coefficient (Wildman–Crippen LogP) is 5.90. The first-order chi connectivity index (χ1) is 17.9. The highest BCUT2D eigenvalue weighted by Gasteiger charge is 2.47. The molecule has 5 nitrogen and oxygen atoms in total. The van der Waals surface area contributed by atoms with Crippen LogP contribution in [0.15, 0.2) is 72.8 Å². The maximum Gasteiger partial charge on any atom is 0.254 e. The van der Waals surface area contributed by atoms with Crippen molar-refractivity contribution in [2.75, 3.05) is 6.54 Å². The molecule has 5 rings (SSSR count). The summed E-state index contributed by atoms with van der Waals surface area (Å²) in [6.07, 6.45) is 3.98. The Labute approximate surface area is 227 Å². The van der Waals surface area contributed by atoms with Crippen molar-refractivity contribution in [2.24, 2.45) is 5.73 Å². The number of halogens is 2. The number of rotatable bonds is 6. The van der Waals surface area contributed by atoms with Crippen molar-refractivity contribution >= 4 is 35.0 Å². The molecule has 3 N–H and O–H groups in total. The number of carbonyl (C=O) groups is 2. The molecule has 1 fully saturated rings. The Morgan fingerprint density at radius 1 is 0.919 bits per heavy atom. The summed E-state index contributed by atoms with van der Waals surface area (Å²) in [7, 11) is 0. The zero-order valence-corrected chi connectivity index (χ0v) is 22.1. The van der Waals surface area contributed by atoms with Gasteiger partial charge in [-0.2, -0.15) is 0 Å². The molecule has 1 aliphatic heterocycles. The number of nitrogens with zero attached hydrogens (tertiary/aromatic N) is 1. The average Bonchev–Trinajstić information content (AvgIpc) is 2.90. The van der Waals surface area contributed by atoms with Crippen LogP contribution in [0.1, 0.15) is 64.7 Å². The second-order valence-corrected chi connectivity index (χ2v) is 10.8. The summed E-state index contributed by atoms with van der Waals surface area (Å²) in [5, 5.41) is 4.11. The van der Waals surface area contributed by atoms with Gasteiger partial charge in [0.2, 0.25) is 5.91 Å². The van der Waals surface area contributed by atoms with E-state index in [0.29, 0.717) is 22.2 Å². The number of nitrogens with one attached hydrogen (secondary N) is 1. The molecule has 2 atom stereocenters. The van der Waals surface area contributed by atoms with Crippen molar-refractivity contribution in [3.63, 3.8) is 0 Å². The lowest BCUT2D eigenvalue weighted by molar-refractivity contribution is -0.124. The topological polar surface area (TPSA) is 75.4 Å². The molecule has 37 heavy (non-hydrogen) atoms. The highest BCUT2D eigenvalue weighted by molar-refractivity contribution is 6.35. The van der Waals surface area contributed by atoms with Gasteiger partial charge in [0.1, 0.15) is 0 Å². The summed E-state index contributed by atoms with van der Waals surface area (Å²) in [6, 6.07) is 22.4. The van der Waals surface area contributed by atoms with Crippen LogP contribution in [0.5, 0.6) is 0 Å². The van der Waals surface area contributed by atoms with Crippen molar-refractivity contribution in [3.05, 3.63) is 105 Å². The smallest absolute Gasteiger partial charge is 0.254 e. The van der Waals surface area contributed by atoms with Gasteiger partial charge < -0.3 is 16.0 Å². The minimum Gasteiger partial charge on any atom is -0.355 e.